The first-order valence-electron chi connectivity index (χ1n) is 2.77. The largest absolute Gasteiger partial charge is 0.390 e. The molecule has 2 nitrogen and oxygen atoms in total. The Morgan fingerprint density at radius 1 is 1.78 bits per heavy atom. The quantitative estimate of drug-likeness (QED) is 0.568. The molecule has 0 aromatic heterocycles. The molecule has 1 aliphatic rings. The first-order valence-corrected chi connectivity index (χ1v) is 2.77. The Bertz CT molecular complexity index is 109. The normalized spacial score (nSPS) is 43.7. The van der Waals surface area contributed by atoms with Gasteiger partial charge in [-0.3, -0.25) is 0 Å². The van der Waals surface area contributed by atoms with Crippen molar-refractivity contribution < 1.29 is 18.6 Å². The number of rotatable bonds is 1. The van der Waals surface area contributed by atoms with Crippen LogP contribution in [0.1, 0.15) is 6.42 Å². The van der Waals surface area contributed by atoms with Crippen molar-refractivity contribution in [2.24, 2.45) is 0 Å². The van der Waals surface area contributed by atoms with E-state index in [1.165, 1.54) is 0 Å². The molecule has 0 aromatic carbocycles. The Balaban J connectivity index is 2.56. The highest BCUT2D eigenvalue weighted by Gasteiger charge is 2.45. The van der Waals surface area contributed by atoms with E-state index in [9.17, 15) is 8.78 Å². The Morgan fingerprint density at radius 2 is 2.44 bits per heavy atom. The summed E-state index contributed by atoms with van der Waals surface area (Å²) >= 11 is 0. The summed E-state index contributed by atoms with van der Waals surface area (Å²) in [6.45, 7) is -0.841. The predicted molar refractivity (Wildman–Crippen MR) is 26.4 cm³/mol. The van der Waals surface area contributed by atoms with Gasteiger partial charge in [0.2, 0.25) is 0 Å². The molecule has 1 N–H and O–H groups in total. The maximum Gasteiger partial charge on any atom is 0.264 e. The molecule has 0 spiro atoms. The topological polar surface area (TPSA) is 29.5 Å². The highest BCUT2D eigenvalue weighted by Crippen LogP contribution is 2.29. The van der Waals surface area contributed by atoms with Gasteiger partial charge in [-0.15, -0.1) is 0 Å². The summed E-state index contributed by atoms with van der Waals surface area (Å²) in [6, 6.07) is 0. The van der Waals surface area contributed by atoms with E-state index >= 15 is 0 Å². The maximum absolute atomic E-state index is 12.6. The molecule has 0 amide bonds. The molecule has 2 atom stereocenters. The van der Waals surface area contributed by atoms with Crippen molar-refractivity contribution in [2.75, 3.05) is 13.2 Å². The van der Waals surface area contributed by atoms with Crippen LogP contribution in [0.5, 0.6) is 0 Å². The van der Waals surface area contributed by atoms with Crippen LogP contribution in [-0.4, -0.2) is 30.3 Å². The van der Waals surface area contributed by atoms with Crippen LogP contribution >= 0.6 is 0 Å². The molecule has 0 bridgehead atoms. The standard InChI is InChI=1S/C5H8F2O2/c6-4-1-2-9-5(4,7)3-8/h4,8H,1-3H2. The van der Waals surface area contributed by atoms with E-state index in [0.29, 0.717) is 0 Å². The number of ether oxygens (including phenoxy) is 1. The van der Waals surface area contributed by atoms with Crippen molar-refractivity contribution in [1.82, 2.24) is 0 Å². The van der Waals surface area contributed by atoms with Crippen molar-refractivity contribution in [1.29, 1.82) is 0 Å². The number of hydrogen-bond acceptors (Lipinski definition) is 2. The Kier molecular flexibility index (Phi) is 1.68. The van der Waals surface area contributed by atoms with Crippen LogP contribution in [0.2, 0.25) is 0 Å². The third kappa shape index (κ3) is 1.04. The average molecular weight is 138 g/mol. The fourth-order valence-corrected chi connectivity index (χ4v) is 0.783. The van der Waals surface area contributed by atoms with E-state index in [1.807, 2.05) is 0 Å². The highest BCUT2D eigenvalue weighted by atomic mass is 19.2. The predicted octanol–water partition coefficient (Wildman–Crippen LogP) is 0.403. The SMILES string of the molecule is OCC1(F)OCCC1F. The molecule has 0 aromatic rings. The fraction of sp³-hybridized carbons (Fsp3) is 1.00. The summed E-state index contributed by atoms with van der Waals surface area (Å²) in [5, 5.41) is 8.26. The van der Waals surface area contributed by atoms with E-state index in [-0.39, 0.29) is 13.0 Å². The second kappa shape index (κ2) is 2.19. The van der Waals surface area contributed by atoms with Crippen molar-refractivity contribution >= 4 is 0 Å². The van der Waals surface area contributed by atoms with Gasteiger partial charge in [-0.25, -0.2) is 8.78 Å². The van der Waals surface area contributed by atoms with Crippen LogP contribution in [-0.2, 0) is 4.74 Å². The van der Waals surface area contributed by atoms with Crippen LogP contribution in [0.3, 0.4) is 0 Å². The summed E-state index contributed by atoms with van der Waals surface area (Å²) in [5.74, 6) is -2.42. The summed E-state index contributed by atoms with van der Waals surface area (Å²) < 4.78 is 29.2. The van der Waals surface area contributed by atoms with E-state index in [0.717, 1.165) is 0 Å². The molecule has 1 heterocycles. The zero-order valence-electron chi connectivity index (χ0n) is 4.81. The number of alkyl halides is 2. The third-order valence-electron chi connectivity index (χ3n) is 1.40. The van der Waals surface area contributed by atoms with Gasteiger partial charge in [-0.2, -0.15) is 0 Å². The molecular weight excluding hydrogens is 130 g/mol. The summed E-state index contributed by atoms with van der Waals surface area (Å²) in [4.78, 5) is 0. The van der Waals surface area contributed by atoms with Gasteiger partial charge in [0, 0.05) is 6.42 Å². The van der Waals surface area contributed by atoms with Gasteiger partial charge in [0.25, 0.3) is 5.85 Å². The van der Waals surface area contributed by atoms with Gasteiger partial charge in [-0.1, -0.05) is 0 Å². The molecule has 0 saturated carbocycles. The first kappa shape index (κ1) is 6.89. The molecule has 1 aliphatic heterocycles. The minimum absolute atomic E-state index is 0.0387. The zero-order valence-corrected chi connectivity index (χ0v) is 4.81. The lowest BCUT2D eigenvalue weighted by Gasteiger charge is -2.16. The van der Waals surface area contributed by atoms with E-state index in [2.05, 4.69) is 4.74 Å². The minimum Gasteiger partial charge on any atom is -0.390 e. The average Bonchev–Trinajstić information content (AvgIpc) is 2.15. The molecule has 1 rings (SSSR count). The summed E-state index contributed by atoms with van der Waals surface area (Å²) in [5.41, 5.74) is 0. The fourth-order valence-electron chi connectivity index (χ4n) is 0.783. The first-order chi connectivity index (χ1) is 4.19. The lowest BCUT2D eigenvalue weighted by atomic mass is 10.2. The van der Waals surface area contributed by atoms with Gasteiger partial charge < -0.3 is 9.84 Å². The molecule has 1 saturated heterocycles. The van der Waals surface area contributed by atoms with Crippen molar-refractivity contribution in [2.45, 2.75) is 18.4 Å². The molecule has 54 valence electrons. The second-order valence-electron chi connectivity index (χ2n) is 2.05. The number of aliphatic hydroxyl groups excluding tert-OH is 1. The van der Waals surface area contributed by atoms with Crippen LogP contribution in [0.25, 0.3) is 0 Å². The van der Waals surface area contributed by atoms with Gasteiger partial charge in [0.05, 0.1) is 6.61 Å². The summed E-state index contributed by atoms with van der Waals surface area (Å²) in [7, 11) is 0. The smallest absolute Gasteiger partial charge is 0.264 e. The van der Waals surface area contributed by atoms with E-state index < -0.39 is 18.6 Å². The van der Waals surface area contributed by atoms with Crippen LogP contribution in [0.4, 0.5) is 8.78 Å². The van der Waals surface area contributed by atoms with Crippen molar-refractivity contribution in [3.8, 4) is 0 Å². The third-order valence-corrected chi connectivity index (χ3v) is 1.40. The Morgan fingerprint density at radius 3 is 2.67 bits per heavy atom. The molecule has 0 aliphatic carbocycles. The second-order valence-corrected chi connectivity index (χ2v) is 2.05. The van der Waals surface area contributed by atoms with E-state index in [4.69, 9.17) is 5.11 Å². The number of aliphatic hydroxyl groups is 1. The van der Waals surface area contributed by atoms with Gasteiger partial charge in [0.15, 0.2) is 6.17 Å². The van der Waals surface area contributed by atoms with E-state index in [1.54, 1.807) is 0 Å². The number of halogens is 2. The van der Waals surface area contributed by atoms with Crippen LogP contribution in [0, 0.1) is 0 Å². The number of hydrogen-bond donors (Lipinski definition) is 1. The molecule has 0 radical (unpaired) electrons. The summed E-state index contributed by atoms with van der Waals surface area (Å²) in [6.07, 6.45) is -1.63. The molecule has 1 fully saturated rings. The zero-order chi connectivity index (χ0) is 6.91. The lowest BCUT2D eigenvalue weighted by Crippen LogP contribution is -2.35. The monoisotopic (exact) mass is 138 g/mol. The van der Waals surface area contributed by atoms with Crippen LogP contribution < -0.4 is 0 Å². The van der Waals surface area contributed by atoms with Gasteiger partial charge >= 0.3 is 0 Å². The minimum atomic E-state index is -2.42. The molecule has 9 heavy (non-hydrogen) atoms. The van der Waals surface area contributed by atoms with Gasteiger partial charge in [0.1, 0.15) is 6.61 Å². The highest BCUT2D eigenvalue weighted by molar-refractivity contribution is 4.82. The van der Waals surface area contributed by atoms with Gasteiger partial charge in [-0.05, 0) is 0 Å². The maximum atomic E-state index is 12.6. The molecule has 2 unspecified atom stereocenters. The Labute approximate surface area is 51.4 Å². The van der Waals surface area contributed by atoms with Crippen LogP contribution in [0.15, 0.2) is 0 Å². The Hall–Kier alpha value is -0.220. The molecular formula is C5H8F2O2. The molecule has 4 heteroatoms. The lowest BCUT2D eigenvalue weighted by molar-refractivity contribution is -0.163. The van der Waals surface area contributed by atoms with Crippen molar-refractivity contribution in [3.63, 3.8) is 0 Å². The van der Waals surface area contributed by atoms with Crippen molar-refractivity contribution in [3.05, 3.63) is 0 Å².